The van der Waals surface area contributed by atoms with E-state index in [1.807, 2.05) is 0 Å². The second kappa shape index (κ2) is 6.11. The minimum Gasteiger partial charge on any atom is -0.310 e. The molecule has 5 nitrogen and oxygen atoms in total. The summed E-state index contributed by atoms with van der Waals surface area (Å²) in [6, 6.07) is 6.75. The maximum atomic E-state index is 12.0. The van der Waals surface area contributed by atoms with Crippen LogP contribution in [-0.4, -0.2) is 45.0 Å². The number of amides is 1. The van der Waals surface area contributed by atoms with E-state index in [2.05, 4.69) is 5.32 Å². The van der Waals surface area contributed by atoms with Crippen LogP contribution < -0.4 is 10.2 Å². The van der Waals surface area contributed by atoms with Gasteiger partial charge in [0.1, 0.15) is 0 Å². The molecule has 1 heterocycles. The van der Waals surface area contributed by atoms with E-state index < -0.39 is 9.84 Å². The standard InChI is InChI=1S/C13H17ClN2O3S/c1-2-20(18,19)9-11-8-16(13(17)7-15-11)12-5-3-4-10(14)6-12/h3-6,11,15H,2,7-9H2,1H3. The zero-order valence-electron chi connectivity index (χ0n) is 11.2. The quantitative estimate of drug-likeness (QED) is 0.902. The van der Waals surface area contributed by atoms with Crippen molar-refractivity contribution < 1.29 is 13.2 Å². The zero-order chi connectivity index (χ0) is 14.8. The summed E-state index contributed by atoms with van der Waals surface area (Å²) in [6.45, 7) is 2.09. The Hall–Kier alpha value is -1.11. The van der Waals surface area contributed by atoms with Gasteiger partial charge in [-0.25, -0.2) is 8.42 Å². The average Bonchev–Trinajstić information content (AvgIpc) is 2.41. The Kier molecular flexibility index (Phi) is 4.67. The first kappa shape index (κ1) is 15.3. The number of sulfone groups is 1. The SMILES string of the molecule is CCS(=O)(=O)CC1CN(c2cccc(Cl)c2)C(=O)CN1. The molecule has 1 aliphatic heterocycles. The number of hydrogen-bond donors (Lipinski definition) is 1. The molecule has 0 aliphatic carbocycles. The monoisotopic (exact) mass is 316 g/mol. The number of anilines is 1. The van der Waals surface area contributed by atoms with Crippen molar-refractivity contribution in [1.82, 2.24) is 5.32 Å². The lowest BCUT2D eigenvalue weighted by atomic mass is 10.2. The topological polar surface area (TPSA) is 66.5 Å². The van der Waals surface area contributed by atoms with E-state index in [0.29, 0.717) is 17.3 Å². The van der Waals surface area contributed by atoms with E-state index in [-0.39, 0.29) is 30.0 Å². The highest BCUT2D eigenvalue weighted by atomic mass is 35.5. The molecule has 1 aliphatic rings. The highest BCUT2D eigenvalue weighted by Gasteiger charge is 2.29. The van der Waals surface area contributed by atoms with E-state index in [9.17, 15) is 13.2 Å². The predicted molar refractivity (Wildman–Crippen MR) is 79.9 cm³/mol. The number of nitrogens with zero attached hydrogens (tertiary/aromatic N) is 1. The molecule has 1 fully saturated rings. The smallest absolute Gasteiger partial charge is 0.241 e. The summed E-state index contributed by atoms with van der Waals surface area (Å²) >= 11 is 5.93. The lowest BCUT2D eigenvalue weighted by molar-refractivity contribution is -0.118. The van der Waals surface area contributed by atoms with Crippen LogP contribution in [-0.2, 0) is 14.6 Å². The first-order valence-electron chi connectivity index (χ1n) is 6.41. The molecule has 1 amide bonds. The molecular weight excluding hydrogens is 300 g/mol. The second-order valence-corrected chi connectivity index (χ2v) is 7.60. The van der Waals surface area contributed by atoms with Crippen molar-refractivity contribution in [1.29, 1.82) is 0 Å². The zero-order valence-corrected chi connectivity index (χ0v) is 12.7. The van der Waals surface area contributed by atoms with Crippen molar-refractivity contribution in [3.05, 3.63) is 29.3 Å². The molecule has 0 bridgehead atoms. The summed E-state index contributed by atoms with van der Waals surface area (Å²) in [7, 11) is -3.08. The Morgan fingerprint density at radius 1 is 1.45 bits per heavy atom. The van der Waals surface area contributed by atoms with Gasteiger partial charge in [-0.3, -0.25) is 4.79 Å². The van der Waals surface area contributed by atoms with E-state index in [0.717, 1.165) is 0 Å². The maximum absolute atomic E-state index is 12.0. The van der Waals surface area contributed by atoms with Crippen LogP contribution in [0.1, 0.15) is 6.92 Å². The number of carbonyl (C=O) groups excluding carboxylic acids is 1. The van der Waals surface area contributed by atoms with E-state index in [1.54, 1.807) is 36.1 Å². The Labute approximate surface area is 123 Å². The normalized spacial score (nSPS) is 20.2. The molecule has 1 unspecified atom stereocenters. The fraction of sp³-hybridized carbons (Fsp3) is 0.462. The van der Waals surface area contributed by atoms with Gasteiger partial charge in [0.15, 0.2) is 9.84 Å². The van der Waals surface area contributed by atoms with Gasteiger partial charge in [0, 0.05) is 29.0 Å². The number of rotatable bonds is 4. The van der Waals surface area contributed by atoms with Gasteiger partial charge in [0.2, 0.25) is 5.91 Å². The lowest BCUT2D eigenvalue weighted by Gasteiger charge is -2.33. The summed E-state index contributed by atoms with van der Waals surface area (Å²) < 4.78 is 23.4. The molecule has 1 N–H and O–H groups in total. The highest BCUT2D eigenvalue weighted by Crippen LogP contribution is 2.21. The molecule has 0 radical (unpaired) electrons. The van der Waals surface area contributed by atoms with E-state index in [4.69, 9.17) is 11.6 Å². The molecular formula is C13H17ClN2O3S. The van der Waals surface area contributed by atoms with Crippen molar-refractivity contribution >= 4 is 33.0 Å². The van der Waals surface area contributed by atoms with Crippen LogP contribution in [0.25, 0.3) is 0 Å². The maximum Gasteiger partial charge on any atom is 0.241 e. The Balaban J connectivity index is 2.15. The van der Waals surface area contributed by atoms with Crippen LogP contribution in [0.4, 0.5) is 5.69 Å². The number of hydrogen-bond acceptors (Lipinski definition) is 4. The van der Waals surface area contributed by atoms with Crippen LogP contribution in [0.2, 0.25) is 5.02 Å². The van der Waals surface area contributed by atoms with Crippen LogP contribution in [0.15, 0.2) is 24.3 Å². The molecule has 1 saturated heterocycles. The Morgan fingerprint density at radius 3 is 2.85 bits per heavy atom. The van der Waals surface area contributed by atoms with Crippen molar-refractivity contribution in [3.63, 3.8) is 0 Å². The predicted octanol–water partition coefficient (Wildman–Crippen LogP) is 1.08. The number of nitrogens with one attached hydrogen (secondary N) is 1. The number of halogens is 1. The van der Waals surface area contributed by atoms with Gasteiger partial charge in [-0.1, -0.05) is 24.6 Å². The number of carbonyl (C=O) groups is 1. The minimum absolute atomic E-state index is 0.0356. The first-order valence-corrected chi connectivity index (χ1v) is 8.61. The molecule has 0 aromatic heterocycles. The highest BCUT2D eigenvalue weighted by molar-refractivity contribution is 7.91. The largest absolute Gasteiger partial charge is 0.310 e. The van der Waals surface area contributed by atoms with E-state index in [1.165, 1.54) is 0 Å². The van der Waals surface area contributed by atoms with Crippen LogP contribution in [0.3, 0.4) is 0 Å². The van der Waals surface area contributed by atoms with Crippen molar-refractivity contribution in [2.75, 3.05) is 29.5 Å². The van der Waals surface area contributed by atoms with Crippen molar-refractivity contribution in [3.8, 4) is 0 Å². The van der Waals surface area contributed by atoms with Gasteiger partial charge < -0.3 is 10.2 Å². The summed E-state index contributed by atoms with van der Waals surface area (Å²) in [6.07, 6.45) is 0. The molecule has 1 aromatic rings. The third-order valence-electron chi connectivity index (χ3n) is 3.26. The fourth-order valence-corrected chi connectivity index (χ4v) is 3.40. The number of piperazine rings is 1. The summed E-state index contributed by atoms with van der Waals surface area (Å²) in [5.74, 6) is 0.0573. The molecule has 0 saturated carbocycles. The third-order valence-corrected chi connectivity index (χ3v) is 5.29. The molecule has 1 atom stereocenters. The molecule has 0 spiro atoms. The Morgan fingerprint density at radius 2 is 2.20 bits per heavy atom. The van der Waals surface area contributed by atoms with E-state index >= 15 is 0 Å². The molecule has 1 aromatic carbocycles. The molecule has 110 valence electrons. The fourth-order valence-electron chi connectivity index (χ4n) is 2.14. The summed E-state index contributed by atoms with van der Waals surface area (Å²) in [5, 5.41) is 3.52. The molecule has 7 heteroatoms. The van der Waals surface area contributed by atoms with Crippen LogP contribution in [0, 0.1) is 0 Å². The molecule has 2 rings (SSSR count). The summed E-state index contributed by atoms with van der Waals surface area (Å²) in [5.41, 5.74) is 0.697. The second-order valence-electron chi connectivity index (χ2n) is 4.76. The van der Waals surface area contributed by atoms with Gasteiger partial charge in [0.25, 0.3) is 0 Å². The molecule has 20 heavy (non-hydrogen) atoms. The van der Waals surface area contributed by atoms with Crippen molar-refractivity contribution in [2.24, 2.45) is 0 Å². The van der Waals surface area contributed by atoms with Gasteiger partial charge >= 0.3 is 0 Å². The lowest BCUT2D eigenvalue weighted by Crippen LogP contribution is -2.56. The van der Waals surface area contributed by atoms with Gasteiger partial charge in [-0.05, 0) is 18.2 Å². The van der Waals surface area contributed by atoms with Gasteiger partial charge in [-0.15, -0.1) is 0 Å². The Bertz CT molecular complexity index is 603. The van der Waals surface area contributed by atoms with Crippen molar-refractivity contribution in [2.45, 2.75) is 13.0 Å². The first-order chi connectivity index (χ1) is 9.41. The van der Waals surface area contributed by atoms with Gasteiger partial charge in [0.05, 0.1) is 12.3 Å². The average molecular weight is 317 g/mol. The van der Waals surface area contributed by atoms with Crippen LogP contribution in [0.5, 0.6) is 0 Å². The summed E-state index contributed by atoms with van der Waals surface area (Å²) in [4.78, 5) is 13.5. The van der Waals surface area contributed by atoms with Gasteiger partial charge in [-0.2, -0.15) is 0 Å². The van der Waals surface area contributed by atoms with Crippen LogP contribution >= 0.6 is 11.6 Å². The minimum atomic E-state index is -3.08. The third kappa shape index (κ3) is 3.71. The number of benzene rings is 1.